The van der Waals surface area contributed by atoms with Crippen molar-refractivity contribution in [2.75, 3.05) is 26.2 Å². The maximum absolute atomic E-state index is 11.6. The lowest BCUT2D eigenvalue weighted by molar-refractivity contribution is -0.119. The zero-order valence-corrected chi connectivity index (χ0v) is 17.8. The first-order valence-corrected chi connectivity index (χ1v) is 11.5. The van der Waals surface area contributed by atoms with Gasteiger partial charge in [-0.2, -0.15) is 0 Å². The number of aromatic nitrogens is 3. The highest BCUT2D eigenvalue weighted by atomic mass is 32.2. The molecule has 31 heavy (non-hydrogen) atoms. The molecule has 1 fully saturated rings. The summed E-state index contributed by atoms with van der Waals surface area (Å²) in [5.41, 5.74) is 1.81. The molecule has 1 amide bonds. The third-order valence-corrected chi connectivity index (χ3v) is 6.18. The van der Waals surface area contributed by atoms with Crippen molar-refractivity contribution in [1.82, 2.24) is 24.6 Å². The number of hydrogen-bond donors (Lipinski definition) is 1. The Balaban J connectivity index is 1.61. The van der Waals surface area contributed by atoms with Gasteiger partial charge in [-0.3, -0.25) is 9.69 Å². The Labute approximate surface area is 181 Å². The van der Waals surface area contributed by atoms with Crippen molar-refractivity contribution < 1.29 is 13.2 Å². The van der Waals surface area contributed by atoms with E-state index in [0.717, 1.165) is 30.9 Å². The van der Waals surface area contributed by atoms with Crippen LogP contribution in [0.2, 0.25) is 0 Å². The van der Waals surface area contributed by atoms with E-state index in [1.165, 1.54) is 12.1 Å². The van der Waals surface area contributed by atoms with E-state index in [1.54, 1.807) is 21.7 Å². The average molecular weight is 441 g/mol. The van der Waals surface area contributed by atoms with Crippen LogP contribution in [0, 0.1) is 0 Å². The van der Waals surface area contributed by atoms with Gasteiger partial charge in [-0.1, -0.05) is 30.3 Å². The minimum Gasteiger partial charge on any atom is -0.343 e. The van der Waals surface area contributed by atoms with Crippen molar-refractivity contribution in [2.24, 2.45) is 5.14 Å². The summed E-state index contributed by atoms with van der Waals surface area (Å²) in [6.45, 7) is 3.50. The van der Waals surface area contributed by atoms with Gasteiger partial charge in [0, 0.05) is 32.6 Å². The summed E-state index contributed by atoms with van der Waals surface area (Å²) in [5.74, 6) is 1.44. The minimum atomic E-state index is -3.76. The van der Waals surface area contributed by atoms with E-state index in [9.17, 15) is 13.2 Å². The summed E-state index contributed by atoms with van der Waals surface area (Å²) in [7, 11) is -3.76. The molecule has 9 nitrogen and oxygen atoms in total. The molecule has 1 aliphatic rings. The second-order valence-electron chi connectivity index (χ2n) is 7.47. The second kappa shape index (κ2) is 8.96. The first-order valence-electron chi connectivity index (χ1n) is 9.96. The largest absolute Gasteiger partial charge is 0.343 e. The molecule has 0 aliphatic carbocycles. The molecule has 0 bridgehead atoms. The smallest absolute Gasteiger partial charge is 0.238 e. The molecule has 0 saturated carbocycles. The zero-order chi connectivity index (χ0) is 21.8. The van der Waals surface area contributed by atoms with Gasteiger partial charge in [0.05, 0.1) is 17.1 Å². The molecule has 1 saturated heterocycles. The lowest BCUT2D eigenvalue weighted by Gasteiger charge is -2.31. The number of benzene rings is 2. The lowest BCUT2D eigenvalue weighted by atomic mass is 10.1. The molecule has 0 atom stereocenters. The van der Waals surface area contributed by atoms with Crippen molar-refractivity contribution in [2.45, 2.75) is 17.9 Å². The third-order valence-electron chi connectivity index (χ3n) is 5.25. The van der Waals surface area contributed by atoms with Crippen molar-refractivity contribution >= 4 is 16.4 Å². The van der Waals surface area contributed by atoms with Crippen molar-refractivity contribution in [3.05, 3.63) is 71.8 Å². The number of piperazine rings is 1. The molecule has 0 spiro atoms. The molecule has 0 radical (unpaired) electrons. The standard InChI is InChI=1S/C21H24N6O3S/c22-31(29,30)19-8-6-18(7-9-19)27-21(14-17-4-2-1-3-5-17)23-20(24-27)15-25-10-12-26(16-28)13-11-25/h1-9,16H,10-15H2,(H2,22,29,30). The Morgan fingerprint density at radius 1 is 0.968 bits per heavy atom. The van der Waals surface area contributed by atoms with Crippen LogP contribution in [0.5, 0.6) is 0 Å². The molecule has 4 rings (SSSR count). The molecule has 10 heteroatoms. The van der Waals surface area contributed by atoms with E-state index in [1.807, 2.05) is 30.3 Å². The number of nitrogens with two attached hydrogens (primary N) is 1. The Bertz CT molecular complexity index is 1140. The number of carbonyl (C=O) groups excluding carboxylic acids is 1. The number of hydrogen-bond acceptors (Lipinski definition) is 6. The Kier molecular flexibility index (Phi) is 6.12. The van der Waals surface area contributed by atoms with Crippen LogP contribution in [0.25, 0.3) is 5.69 Å². The highest BCUT2D eigenvalue weighted by Gasteiger charge is 2.19. The molecule has 2 heterocycles. The fourth-order valence-electron chi connectivity index (χ4n) is 3.56. The molecule has 1 aliphatic heterocycles. The van der Waals surface area contributed by atoms with Crippen LogP contribution in [-0.2, 0) is 27.8 Å². The number of amides is 1. The normalized spacial score (nSPS) is 15.2. The van der Waals surface area contributed by atoms with Gasteiger partial charge in [-0.05, 0) is 29.8 Å². The maximum Gasteiger partial charge on any atom is 0.238 e. The first-order chi connectivity index (χ1) is 14.9. The van der Waals surface area contributed by atoms with Gasteiger partial charge < -0.3 is 4.90 Å². The van der Waals surface area contributed by atoms with Gasteiger partial charge >= 0.3 is 0 Å². The Morgan fingerprint density at radius 3 is 2.26 bits per heavy atom. The Hall–Kier alpha value is -3.08. The van der Waals surface area contributed by atoms with E-state index < -0.39 is 10.0 Å². The van der Waals surface area contributed by atoms with E-state index in [0.29, 0.717) is 37.6 Å². The fraction of sp³-hybridized carbons (Fsp3) is 0.286. The van der Waals surface area contributed by atoms with Crippen molar-refractivity contribution in [1.29, 1.82) is 0 Å². The SMILES string of the molecule is NS(=O)(=O)c1ccc(-n2nc(CN3CCN(C=O)CC3)nc2Cc2ccccc2)cc1. The van der Waals surface area contributed by atoms with Gasteiger partial charge in [0.15, 0.2) is 5.82 Å². The predicted molar refractivity (Wildman–Crippen MR) is 115 cm³/mol. The average Bonchev–Trinajstić information content (AvgIpc) is 3.16. The molecule has 1 aromatic heterocycles. The molecule has 0 unspecified atom stereocenters. The summed E-state index contributed by atoms with van der Waals surface area (Å²) >= 11 is 0. The quantitative estimate of drug-likeness (QED) is 0.543. The van der Waals surface area contributed by atoms with E-state index in [-0.39, 0.29) is 4.90 Å². The lowest BCUT2D eigenvalue weighted by Crippen LogP contribution is -2.45. The Morgan fingerprint density at radius 2 is 1.65 bits per heavy atom. The fourth-order valence-corrected chi connectivity index (χ4v) is 4.08. The van der Waals surface area contributed by atoms with E-state index >= 15 is 0 Å². The monoisotopic (exact) mass is 440 g/mol. The number of carbonyl (C=O) groups is 1. The predicted octanol–water partition coefficient (Wildman–Crippen LogP) is 0.780. The topological polar surface area (TPSA) is 114 Å². The highest BCUT2D eigenvalue weighted by molar-refractivity contribution is 7.89. The maximum atomic E-state index is 11.6. The van der Waals surface area contributed by atoms with Gasteiger partial charge in [0.1, 0.15) is 5.82 Å². The van der Waals surface area contributed by atoms with Crippen LogP contribution in [0.15, 0.2) is 59.5 Å². The van der Waals surface area contributed by atoms with E-state index in [4.69, 9.17) is 15.2 Å². The molecular formula is C21H24N6O3S. The summed E-state index contributed by atoms with van der Waals surface area (Å²) in [6, 6.07) is 16.3. The number of sulfonamides is 1. The molecule has 2 aromatic carbocycles. The van der Waals surface area contributed by atoms with E-state index in [2.05, 4.69) is 4.90 Å². The van der Waals surface area contributed by atoms with Crippen LogP contribution in [0.4, 0.5) is 0 Å². The zero-order valence-electron chi connectivity index (χ0n) is 17.0. The molecule has 162 valence electrons. The summed E-state index contributed by atoms with van der Waals surface area (Å²) < 4.78 is 24.9. The highest BCUT2D eigenvalue weighted by Crippen LogP contribution is 2.17. The third kappa shape index (κ3) is 5.16. The molecule has 3 aromatic rings. The van der Waals surface area contributed by atoms with Crippen molar-refractivity contribution in [3.8, 4) is 5.69 Å². The molecular weight excluding hydrogens is 416 g/mol. The van der Waals surface area contributed by atoms with Crippen LogP contribution < -0.4 is 5.14 Å². The second-order valence-corrected chi connectivity index (χ2v) is 9.04. The summed E-state index contributed by atoms with van der Waals surface area (Å²) in [4.78, 5) is 19.7. The number of primary sulfonamides is 1. The number of nitrogens with zero attached hydrogens (tertiary/aromatic N) is 5. The van der Waals surface area contributed by atoms with Crippen LogP contribution in [0.3, 0.4) is 0 Å². The summed E-state index contributed by atoms with van der Waals surface area (Å²) in [5, 5.41) is 9.91. The number of rotatable bonds is 7. The van der Waals surface area contributed by atoms with Crippen molar-refractivity contribution in [3.63, 3.8) is 0 Å². The molecule has 2 N–H and O–H groups in total. The minimum absolute atomic E-state index is 0.0502. The summed E-state index contributed by atoms with van der Waals surface area (Å²) in [6.07, 6.45) is 1.47. The van der Waals surface area contributed by atoms with Crippen LogP contribution in [-0.4, -0.2) is 65.6 Å². The van der Waals surface area contributed by atoms with Gasteiger partial charge in [-0.15, -0.1) is 5.10 Å². The first kappa shape index (κ1) is 21.2. The van der Waals surface area contributed by atoms with Gasteiger partial charge in [0.25, 0.3) is 0 Å². The van der Waals surface area contributed by atoms with Gasteiger partial charge in [0.2, 0.25) is 16.4 Å². The van der Waals surface area contributed by atoms with Crippen LogP contribution >= 0.6 is 0 Å². The van der Waals surface area contributed by atoms with Gasteiger partial charge in [-0.25, -0.2) is 23.2 Å². The van der Waals surface area contributed by atoms with Crippen LogP contribution in [0.1, 0.15) is 17.2 Å².